The maximum absolute atomic E-state index is 11.6. The molecule has 3 N–H and O–H groups in total. The number of nitrogens with two attached hydrogens (primary N) is 1. The third-order valence-electron chi connectivity index (χ3n) is 5.28. The van der Waals surface area contributed by atoms with Gasteiger partial charge in [0.25, 0.3) is 5.91 Å². The van der Waals surface area contributed by atoms with Crippen LogP contribution in [0, 0.1) is 0 Å². The number of hydrogen-bond acceptors (Lipinski definition) is 4. The smallest absolute Gasteiger partial charge is 0.335 e. The molecule has 0 saturated carbocycles. The van der Waals surface area contributed by atoms with Crippen molar-refractivity contribution in [2.45, 2.75) is 0 Å². The van der Waals surface area contributed by atoms with E-state index in [9.17, 15) is 14.7 Å². The Bertz CT molecular complexity index is 1450. The van der Waals surface area contributed by atoms with Gasteiger partial charge in [-0.2, -0.15) is 0 Å². The maximum Gasteiger partial charge on any atom is 0.335 e. The molecule has 0 saturated heterocycles. The second kappa shape index (κ2) is 7.51. The molecule has 3 heterocycles. The van der Waals surface area contributed by atoms with Gasteiger partial charge in [-0.15, -0.1) is 0 Å². The number of carboxylic acid groups (broad SMARTS) is 1. The molecule has 32 heavy (non-hydrogen) atoms. The number of primary amides is 1. The first-order chi connectivity index (χ1) is 15.5. The molecule has 0 atom stereocenters. The molecule has 0 bridgehead atoms. The second-order valence-electron chi connectivity index (χ2n) is 7.23. The highest BCUT2D eigenvalue weighted by atomic mass is 16.4. The minimum Gasteiger partial charge on any atom is -0.478 e. The van der Waals surface area contributed by atoms with Crippen LogP contribution in [-0.4, -0.2) is 36.1 Å². The lowest BCUT2D eigenvalue weighted by molar-refractivity contribution is 0.0696. The Morgan fingerprint density at radius 1 is 0.938 bits per heavy atom. The molecule has 0 aliphatic carbocycles. The number of amides is 1. The topological polar surface area (TPSA) is 116 Å². The highest BCUT2D eigenvalue weighted by Gasteiger charge is 2.16. The summed E-state index contributed by atoms with van der Waals surface area (Å²) in [6.45, 7) is 0. The number of hydrogen-bond donors (Lipinski definition) is 2. The molecule has 2 aromatic carbocycles. The Morgan fingerprint density at radius 3 is 2.34 bits per heavy atom. The Balaban J connectivity index is 1.70. The van der Waals surface area contributed by atoms with Crippen LogP contribution in [0.2, 0.25) is 0 Å². The molecule has 8 nitrogen and oxygen atoms in total. The summed E-state index contributed by atoms with van der Waals surface area (Å²) < 4.78 is 3.83. The minimum atomic E-state index is -1.01. The zero-order valence-electron chi connectivity index (χ0n) is 16.7. The maximum atomic E-state index is 11.6. The molecule has 0 fully saturated rings. The van der Waals surface area contributed by atoms with Crippen LogP contribution in [0.25, 0.3) is 33.5 Å². The van der Waals surface area contributed by atoms with Crippen molar-refractivity contribution in [2.75, 3.05) is 0 Å². The van der Waals surface area contributed by atoms with E-state index in [0.29, 0.717) is 11.2 Å². The van der Waals surface area contributed by atoms with E-state index in [1.54, 1.807) is 49.1 Å². The molecule has 0 spiro atoms. The monoisotopic (exact) mass is 423 g/mol. The Labute approximate surface area is 182 Å². The molecule has 8 heteroatoms. The SMILES string of the molecule is NC(=O)c1ccc(-n2c(-c3ccc(-n4ccnc4)cc3)cc3ccc(C(=O)O)cc32)cn1. The third-order valence-corrected chi connectivity index (χ3v) is 5.28. The van der Waals surface area contributed by atoms with Gasteiger partial charge >= 0.3 is 5.97 Å². The number of aromatic nitrogens is 4. The standard InChI is InChI=1S/C24H17N5O3/c25-23(30)20-8-7-19(13-27-20)29-21(11-16-1-2-17(24(31)32)12-22(16)29)15-3-5-18(6-4-15)28-10-9-26-14-28/h1-14H,(H2,25,30)(H,31,32). The van der Waals surface area contributed by atoms with Gasteiger partial charge < -0.3 is 20.0 Å². The predicted octanol–water partition coefficient (Wildman–Crippen LogP) is 3.68. The Kier molecular flexibility index (Phi) is 4.52. The fraction of sp³-hybridized carbons (Fsp3) is 0. The Hall–Kier alpha value is -4.72. The highest BCUT2D eigenvalue weighted by Crippen LogP contribution is 2.32. The van der Waals surface area contributed by atoms with Crippen molar-refractivity contribution in [1.82, 2.24) is 19.1 Å². The van der Waals surface area contributed by atoms with Crippen LogP contribution in [0.4, 0.5) is 0 Å². The predicted molar refractivity (Wildman–Crippen MR) is 119 cm³/mol. The summed E-state index contributed by atoms with van der Waals surface area (Å²) in [5, 5.41) is 10.3. The van der Waals surface area contributed by atoms with Crippen molar-refractivity contribution in [2.24, 2.45) is 5.73 Å². The lowest BCUT2D eigenvalue weighted by Gasteiger charge is -2.12. The van der Waals surface area contributed by atoms with Crippen molar-refractivity contribution in [3.8, 4) is 22.6 Å². The van der Waals surface area contributed by atoms with Crippen LogP contribution in [0.1, 0.15) is 20.8 Å². The molecule has 3 aromatic heterocycles. The number of carboxylic acids is 1. The lowest BCUT2D eigenvalue weighted by Crippen LogP contribution is -2.13. The number of rotatable bonds is 5. The average molecular weight is 423 g/mol. The Morgan fingerprint density at radius 2 is 1.72 bits per heavy atom. The molecular weight excluding hydrogens is 406 g/mol. The molecule has 156 valence electrons. The van der Waals surface area contributed by atoms with E-state index < -0.39 is 11.9 Å². The quantitative estimate of drug-likeness (QED) is 0.447. The summed E-state index contributed by atoms with van der Waals surface area (Å²) in [5.74, 6) is -1.62. The molecule has 5 rings (SSSR count). The molecular formula is C24H17N5O3. The highest BCUT2D eigenvalue weighted by molar-refractivity contribution is 5.96. The molecule has 1 amide bonds. The van der Waals surface area contributed by atoms with E-state index in [2.05, 4.69) is 9.97 Å². The summed E-state index contributed by atoms with van der Waals surface area (Å²) >= 11 is 0. The first-order valence-corrected chi connectivity index (χ1v) is 9.75. The van der Waals surface area contributed by atoms with Crippen LogP contribution >= 0.6 is 0 Å². The second-order valence-corrected chi connectivity index (χ2v) is 7.23. The van der Waals surface area contributed by atoms with Gasteiger partial charge in [0.05, 0.1) is 35.0 Å². The number of benzene rings is 2. The number of fused-ring (bicyclic) bond motifs is 1. The van der Waals surface area contributed by atoms with Crippen LogP contribution in [0.5, 0.6) is 0 Å². The molecule has 0 aliphatic rings. The number of aromatic carboxylic acids is 1. The van der Waals surface area contributed by atoms with Gasteiger partial charge in [0, 0.05) is 23.5 Å². The van der Waals surface area contributed by atoms with Crippen molar-refractivity contribution < 1.29 is 14.7 Å². The molecule has 0 aliphatic heterocycles. The largest absolute Gasteiger partial charge is 0.478 e. The fourth-order valence-corrected chi connectivity index (χ4v) is 3.70. The van der Waals surface area contributed by atoms with E-state index >= 15 is 0 Å². The molecule has 0 radical (unpaired) electrons. The summed E-state index contributed by atoms with van der Waals surface area (Å²) in [4.78, 5) is 31.2. The number of nitrogens with zero attached hydrogens (tertiary/aromatic N) is 4. The van der Waals surface area contributed by atoms with Crippen molar-refractivity contribution >= 4 is 22.8 Å². The average Bonchev–Trinajstić information content (AvgIpc) is 3.47. The van der Waals surface area contributed by atoms with E-state index in [4.69, 9.17) is 5.73 Å². The van der Waals surface area contributed by atoms with E-state index in [1.807, 2.05) is 45.7 Å². The van der Waals surface area contributed by atoms with Crippen LogP contribution in [0.15, 0.2) is 85.6 Å². The van der Waals surface area contributed by atoms with E-state index in [1.165, 1.54) is 0 Å². The van der Waals surface area contributed by atoms with Crippen LogP contribution < -0.4 is 5.73 Å². The van der Waals surface area contributed by atoms with Crippen molar-refractivity contribution in [3.05, 3.63) is 96.8 Å². The summed E-state index contributed by atoms with van der Waals surface area (Å²) in [6, 6.07) is 18.2. The number of carbonyl (C=O) groups excluding carboxylic acids is 1. The summed E-state index contributed by atoms with van der Waals surface area (Å²) in [5.41, 5.74) is 9.81. The third kappa shape index (κ3) is 3.29. The van der Waals surface area contributed by atoms with Gasteiger partial charge in [0.15, 0.2) is 0 Å². The van der Waals surface area contributed by atoms with Crippen molar-refractivity contribution in [1.29, 1.82) is 0 Å². The first-order valence-electron chi connectivity index (χ1n) is 9.75. The van der Waals surface area contributed by atoms with E-state index in [-0.39, 0.29) is 11.3 Å². The number of carbonyl (C=O) groups is 2. The zero-order chi connectivity index (χ0) is 22.2. The number of pyridine rings is 1. The van der Waals surface area contributed by atoms with Gasteiger partial charge in [-0.3, -0.25) is 4.79 Å². The zero-order valence-corrected chi connectivity index (χ0v) is 16.7. The molecule has 5 aromatic rings. The van der Waals surface area contributed by atoms with Gasteiger partial charge in [-0.05, 0) is 48.0 Å². The van der Waals surface area contributed by atoms with Gasteiger partial charge in [-0.1, -0.05) is 18.2 Å². The van der Waals surface area contributed by atoms with Crippen LogP contribution in [-0.2, 0) is 0 Å². The summed E-state index contributed by atoms with van der Waals surface area (Å²) in [6.07, 6.45) is 6.86. The van der Waals surface area contributed by atoms with Crippen LogP contribution in [0.3, 0.4) is 0 Å². The van der Waals surface area contributed by atoms with E-state index in [0.717, 1.165) is 22.3 Å². The van der Waals surface area contributed by atoms with Gasteiger partial charge in [-0.25, -0.2) is 14.8 Å². The molecule has 0 unspecified atom stereocenters. The van der Waals surface area contributed by atoms with Gasteiger partial charge in [0.2, 0.25) is 0 Å². The summed E-state index contributed by atoms with van der Waals surface area (Å²) in [7, 11) is 0. The van der Waals surface area contributed by atoms with Gasteiger partial charge in [0.1, 0.15) is 5.69 Å². The normalized spacial score (nSPS) is 11.0. The number of imidazole rings is 1. The lowest BCUT2D eigenvalue weighted by atomic mass is 10.1. The fourth-order valence-electron chi connectivity index (χ4n) is 3.70. The first kappa shape index (κ1) is 19.3. The minimum absolute atomic E-state index is 0.155. The van der Waals surface area contributed by atoms with Crippen molar-refractivity contribution in [3.63, 3.8) is 0 Å².